The lowest BCUT2D eigenvalue weighted by molar-refractivity contribution is 0.120. The Morgan fingerprint density at radius 2 is 2.30 bits per heavy atom. The Hall–Kier alpha value is -0.0800. The van der Waals surface area contributed by atoms with Crippen LogP contribution in [0.2, 0.25) is 0 Å². The van der Waals surface area contributed by atoms with Crippen LogP contribution >= 0.6 is 0 Å². The quantitative estimate of drug-likeness (QED) is 0.572. The van der Waals surface area contributed by atoms with Crippen molar-refractivity contribution in [1.82, 2.24) is 0 Å². The van der Waals surface area contributed by atoms with Crippen LogP contribution in [0.25, 0.3) is 0 Å². The van der Waals surface area contributed by atoms with E-state index in [0.717, 1.165) is 12.8 Å². The van der Waals surface area contributed by atoms with Crippen molar-refractivity contribution in [2.75, 3.05) is 6.61 Å². The summed E-state index contributed by atoms with van der Waals surface area (Å²) in [4.78, 5) is 0. The van der Waals surface area contributed by atoms with E-state index in [9.17, 15) is 0 Å². The second-order valence-corrected chi connectivity index (χ2v) is 3.63. The average molecular weight is 143 g/mol. The lowest BCUT2D eigenvalue weighted by Crippen LogP contribution is -2.47. The minimum Gasteiger partial charge on any atom is -0.396 e. The van der Waals surface area contributed by atoms with Crippen LogP contribution in [0, 0.1) is 5.92 Å². The van der Waals surface area contributed by atoms with Crippen molar-refractivity contribution in [2.24, 2.45) is 11.7 Å². The molecular weight excluding hydrogens is 126 g/mol. The Kier molecular flexibility index (Phi) is 2.32. The standard InChI is InChI=1S/C8H17NO/c1-8(9)5-3-2-4-7(8)6-10/h7,10H,2-6,9H2,1H3. The van der Waals surface area contributed by atoms with Crippen LogP contribution < -0.4 is 5.73 Å². The molecule has 1 aliphatic carbocycles. The van der Waals surface area contributed by atoms with Crippen LogP contribution in [0.15, 0.2) is 0 Å². The normalized spacial score (nSPS) is 41.7. The van der Waals surface area contributed by atoms with E-state index in [1.54, 1.807) is 0 Å². The molecule has 3 N–H and O–H groups in total. The summed E-state index contributed by atoms with van der Waals surface area (Å²) < 4.78 is 0. The zero-order valence-electron chi connectivity index (χ0n) is 6.64. The molecule has 0 saturated heterocycles. The van der Waals surface area contributed by atoms with E-state index in [0.29, 0.717) is 5.92 Å². The van der Waals surface area contributed by atoms with Gasteiger partial charge in [0.2, 0.25) is 0 Å². The van der Waals surface area contributed by atoms with Crippen molar-refractivity contribution in [2.45, 2.75) is 38.1 Å². The fourth-order valence-electron chi connectivity index (χ4n) is 1.73. The summed E-state index contributed by atoms with van der Waals surface area (Å²) in [6.07, 6.45) is 4.63. The lowest BCUT2D eigenvalue weighted by atomic mass is 9.75. The molecule has 0 aromatic rings. The van der Waals surface area contributed by atoms with E-state index >= 15 is 0 Å². The molecule has 0 bridgehead atoms. The molecule has 0 radical (unpaired) electrons. The first-order valence-electron chi connectivity index (χ1n) is 4.06. The van der Waals surface area contributed by atoms with Gasteiger partial charge in [0.1, 0.15) is 0 Å². The van der Waals surface area contributed by atoms with E-state index < -0.39 is 0 Å². The molecule has 2 nitrogen and oxygen atoms in total. The molecule has 1 aliphatic rings. The summed E-state index contributed by atoms with van der Waals surface area (Å²) in [5, 5.41) is 8.95. The molecule has 1 fully saturated rings. The maximum atomic E-state index is 8.95. The fraction of sp³-hybridized carbons (Fsp3) is 1.00. The summed E-state index contributed by atoms with van der Waals surface area (Å²) in [5.41, 5.74) is 5.87. The maximum Gasteiger partial charge on any atom is 0.0476 e. The molecule has 60 valence electrons. The smallest absolute Gasteiger partial charge is 0.0476 e. The summed E-state index contributed by atoms with van der Waals surface area (Å²) in [7, 11) is 0. The van der Waals surface area contributed by atoms with Crippen LogP contribution in [0.1, 0.15) is 32.6 Å². The first-order valence-corrected chi connectivity index (χ1v) is 4.06. The third-order valence-electron chi connectivity index (χ3n) is 2.67. The predicted molar refractivity (Wildman–Crippen MR) is 41.6 cm³/mol. The molecule has 0 spiro atoms. The lowest BCUT2D eigenvalue weighted by Gasteiger charge is -2.37. The third-order valence-corrected chi connectivity index (χ3v) is 2.67. The number of aliphatic hydroxyl groups excluding tert-OH is 1. The van der Waals surface area contributed by atoms with E-state index in [-0.39, 0.29) is 12.1 Å². The Balaban J connectivity index is 2.51. The van der Waals surface area contributed by atoms with E-state index in [4.69, 9.17) is 10.8 Å². The topological polar surface area (TPSA) is 46.2 Å². The highest BCUT2D eigenvalue weighted by atomic mass is 16.3. The van der Waals surface area contributed by atoms with Gasteiger partial charge in [0, 0.05) is 12.1 Å². The van der Waals surface area contributed by atoms with Gasteiger partial charge < -0.3 is 10.8 Å². The van der Waals surface area contributed by atoms with Gasteiger partial charge in [-0.1, -0.05) is 12.8 Å². The maximum absolute atomic E-state index is 8.95. The van der Waals surface area contributed by atoms with Gasteiger partial charge in [0.25, 0.3) is 0 Å². The molecular formula is C8H17NO. The van der Waals surface area contributed by atoms with Gasteiger partial charge in [-0.15, -0.1) is 0 Å². The van der Waals surface area contributed by atoms with Crippen molar-refractivity contribution in [3.63, 3.8) is 0 Å². The first-order chi connectivity index (χ1) is 4.67. The van der Waals surface area contributed by atoms with Crippen molar-refractivity contribution in [3.05, 3.63) is 0 Å². The molecule has 2 atom stereocenters. The number of hydrogen-bond donors (Lipinski definition) is 2. The average Bonchev–Trinajstić information content (AvgIpc) is 1.87. The second-order valence-electron chi connectivity index (χ2n) is 3.63. The summed E-state index contributed by atoms with van der Waals surface area (Å²) in [6, 6.07) is 0. The SMILES string of the molecule is CC1(N)CCCCC1CO. The molecule has 0 heterocycles. The summed E-state index contributed by atoms with van der Waals surface area (Å²) in [5.74, 6) is 0.334. The van der Waals surface area contributed by atoms with Crippen LogP contribution in [-0.4, -0.2) is 17.3 Å². The third kappa shape index (κ3) is 1.50. The van der Waals surface area contributed by atoms with E-state index in [1.807, 2.05) is 6.92 Å². The van der Waals surface area contributed by atoms with Crippen LogP contribution in [-0.2, 0) is 0 Å². The number of rotatable bonds is 1. The summed E-state index contributed by atoms with van der Waals surface area (Å²) in [6.45, 7) is 2.31. The number of nitrogens with two attached hydrogens (primary N) is 1. The molecule has 2 unspecified atom stereocenters. The number of hydrogen-bond acceptors (Lipinski definition) is 2. The van der Waals surface area contributed by atoms with Gasteiger partial charge in [-0.25, -0.2) is 0 Å². The van der Waals surface area contributed by atoms with Gasteiger partial charge >= 0.3 is 0 Å². The Bertz CT molecular complexity index is 112. The largest absolute Gasteiger partial charge is 0.396 e. The molecule has 0 aliphatic heterocycles. The van der Waals surface area contributed by atoms with Gasteiger partial charge in [0.15, 0.2) is 0 Å². The molecule has 10 heavy (non-hydrogen) atoms. The van der Waals surface area contributed by atoms with Crippen molar-refractivity contribution in [1.29, 1.82) is 0 Å². The van der Waals surface area contributed by atoms with Gasteiger partial charge in [-0.3, -0.25) is 0 Å². The molecule has 0 aromatic carbocycles. The zero-order valence-corrected chi connectivity index (χ0v) is 6.64. The highest BCUT2D eigenvalue weighted by molar-refractivity contribution is 4.89. The fourth-order valence-corrected chi connectivity index (χ4v) is 1.73. The Labute approximate surface area is 62.4 Å². The zero-order chi connectivity index (χ0) is 7.61. The molecule has 1 saturated carbocycles. The van der Waals surface area contributed by atoms with Crippen LogP contribution in [0.3, 0.4) is 0 Å². The van der Waals surface area contributed by atoms with Crippen molar-refractivity contribution >= 4 is 0 Å². The van der Waals surface area contributed by atoms with Crippen molar-refractivity contribution in [3.8, 4) is 0 Å². The van der Waals surface area contributed by atoms with Gasteiger partial charge in [-0.05, 0) is 25.7 Å². The molecule has 2 heteroatoms. The van der Waals surface area contributed by atoms with E-state index in [1.165, 1.54) is 12.8 Å². The van der Waals surface area contributed by atoms with Gasteiger partial charge in [0.05, 0.1) is 0 Å². The van der Waals surface area contributed by atoms with Crippen LogP contribution in [0.5, 0.6) is 0 Å². The van der Waals surface area contributed by atoms with Crippen LogP contribution in [0.4, 0.5) is 0 Å². The van der Waals surface area contributed by atoms with E-state index in [2.05, 4.69) is 0 Å². The highest BCUT2D eigenvalue weighted by Gasteiger charge is 2.31. The predicted octanol–water partition coefficient (Wildman–Crippen LogP) is 0.886. The molecule has 1 rings (SSSR count). The minimum absolute atomic E-state index is 0.104. The number of aliphatic hydroxyl groups is 1. The first kappa shape index (κ1) is 8.02. The highest BCUT2D eigenvalue weighted by Crippen LogP contribution is 2.30. The molecule has 0 amide bonds. The molecule has 0 aromatic heterocycles. The minimum atomic E-state index is -0.104. The van der Waals surface area contributed by atoms with Gasteiger partial charge in [-0.2, -0.15) is 0 Å². The monoisotopic (exact) mass is 143 g/mol. The second kappa shape index (κ2) is 2.89. The Morgan fingerprint density at radius 1 is 1.60 bits per heavy atom. The summed E-state index contributed by atoms with van der Waals surface area (Å²) >= 11 is 0. The Morgan fingerprint density at radius 3 is 2.70 bits per heavy atom. The van der Waals surface area contributed by atoms with Crippen molar-refractivity contribution < 1.29 is 5.11 Å².